The van der Waals surface area contributed by atoms with Crippen LogP contribution in [0.5, 0.6) is 0 Å². The molecule has 1 saturated carbocycles. The van der Waals surface area contributed by atoms with Gasteiger partial charge in [-0.15, -0.1) is 0 Å². The maximum atomic E-state index is 14.7. The van der Waals surface area contributed by atoms with Crippen LogP contribution in [-0.2, 0) is 4.74 Å². The van der Waals surface area contributed by atoms with Crippen molar-refractivity contribution < 1.29 is 23.7 Å². The van der Waals surface area contributed by atoms with Crippen LogP contribution >= 0.6 is 0 Å². The molecule has 6 nitrogen and oxygen atoms in total. The lowest BCUT2D eigenvalue weighted by Gasteiger charge is -2.34. The molecular formula is C22H31F2N3O3. The fourth-order valence-corrected chi connectivity index (χ4v) is 4.29. The van der Waals surface area contributed by atoms with Crippen molar-refractivity contribution in [1.29, 1.82) is 0 Å². The molecule has 1 heterocycles. The van der Waals surface area contributed by atoms with Crippen LogP contribution in [0.15, 0.2) is 40.8 Å². The van der Waals surface area contributed by atoms with Gasteiger partial charge in [0.15, 0.2) is 0 Å². The molecule has 8 heteroatoms. The summed E-state index contributed by atoms with van der Waals surface area (Å²) in [6.07, 6.45) is 8.45. The van der Waals surface area contributed by atoms with E-state index in [-0.39, 0.29) is 18.6 Å². The van der Waals surface area contributed by atoms with Crippen molar-refractivity contribution in [3.05, 3.63) is 35.8 Å². The summed E-state index contributed by atoms with van der Waals surface area (Å²) in [4.78, 5) is 4.01. The second-order valence-corrected chi connectivity index (χ2v) is 8.73. The number of alkyl halides is 2. The third-order valence-corrected chi connectivity index (χ3v) is 6.49. The van der Waals surface area contributed by atoms with E-state index in [1.807, 2.05) is 6.08 Å². The van der Waals surface area contributed by atoms with Gasteiger partial charge in [-0.1, -0.05) is 12.2 Å². The second-order valence-electron chi connectivity index (χ2n) is 8.73. The van der Waals surface area contributed by atoms with Crippen LogP contribution in [0, 0.1) is 5.41 Å². The number of ether oxygens (including phenoxy) is 1. The molecule has 4 aliphatic rings. The Morgan fingerprint density at radius 2 is 1.90 bits per heavy atom. The molecule has 0 saturated heterocycles. The molecule has 4 N–H and O–H groups in total. The van der Waals surface area contributed by atoms with Crippen molar-refractivity contribution in [2.75, 3.05) is 0 Å². The lowest BCUT2D eigenvalue weighted by atomic mass is 9.96. The molecule has 6 atom stereocenters. The van der Waals surface area contributed by atoms with Crippen molar-refractivity contribution in [2.24, 2.45) is 10.4 Å². The molecule has 0 aromatic rings. The molecule has 0 radical (unpaired) electrons. The zero-order valence-electron chi connectivity index (χ0n) is 17.0. The number of halogens is 2. The van der Waals surface area contributed by atoms with E-state index in [2.05, 4.69) is 15.6 Å². The van der Waals surface area contributed by atoms with Gasteiger partial charge in [0.25, 0.3) is 0 Å². The number of hydrogen-bond acceptors (Lipinski definition) is 6. The fourth-order valence-electron chi connectivity index (χ4n) is 4.29. The lowest BCUT2D eigenvalue weighted by Crippen LogP contribution is -2.50. The summed E-state index contributed by atoms with van der Waals surface area (Å²) in [6.45, 7) is 0. The van der Waals surface area contributed by atoms with Gasteiger partial charge in [0.1, 0.15) is 24.8 Å². The first-order chi connectivity index (χ1) is 14.5. The summed E-state index contributed by atoms with van der Waals surface area (Å²) in [5.41, 5.74) is 0.378. The summed E-state index contributed by atoms with van der Waals surface area (Å²) in [7, 11) is 0. The molecule has 4 rings (SSSR count). The van der Waals surface area contributed by atoms with Crippen molar-refractivity contribution in [2.45, 2.75) is 88.4 Å². The van der Waals surface area contributed by atoms with Gasteiger partial charge >= 0.3 is 0 Å². The monoisotopic (exact) mass is 423 g/mol. The number of aliphatic hydroxyl groups is 2. The van der Waals surface area contributed by atoms with Crippen LogP contribution in [0.4, 0.5) is 8.78 Å². The van der Waals surface area contributed by atoms with E-state index >= 15 is 0 Å². The SMILES string of the molecule is OC(NC1=CC[C@H](F)CC1)C1(C(O)NC2=CC[C@@H](O[C@@H]3C=CN=CC3)CC2F)CC1. The van der Waals surface area contributed by atoms with Gasteiger partial charge < -0.3 is 25.6 Å². The fraction of sp³-hybridized carbons (Fsp3) is 0.682. The highest BCUT2D eigenvalue weighted by Crippen LogP contribution is 2.51. The number of nitrogens with one attached hydrogen (secondary N) is 2. The number of allylic oxidation sites excluding steroid dienone is 3. The van der Waals surface area contributed by atoms with Gasteiger partial charge in [0.2, 0.25) is 0 Å². The van der Waals surface area contributed by atoms with Crippen LogP contribution < -0.4 is 10.6 Å². The molecule has 1 fully saturated rings. The first kappa shape index (κ1) is 21.5. The Morgan fingerprint density at radius 3 is 2.53 bits per heavy atom. The summed E-state index contributed by atoms with van der Waals surface area (Å²) in [5.74, 6) is 0. The number of aliphatic imine (C=N–C) groups is 1. The Labute approximate surface area is 175 Å². The van der Waals surface area contributed by atoms with Crippen molar-refractivity contribution in [1.82, 2.24) is 10.6 Å². The average Bonchev–Trinajstić information content (AvgIpc) is 3.55. The van der Waals surface area contributed by atoms with E-state index in [0.29, 0.717) is 50.6 Å². The van der Waals surface area contributed by atoms with Crippen LogP contribution in [0.25, 0.3) is 0 Å². The summed E-state index contributed by atoms with van der Waals surface area (Å²) >= 11 is 0. The molecule has 0 aromatic carbocycles. The quantitative estimate of drug-likeness (QED) is 0.451. The minimum Gasteiger partial charge on any atom is -0.373 e. The highest BCUT2D eigenvalue weighted by Gasteiger charge is 2.55. The minimum absolute atomic E-state index is 0.0779. The molecule has 0 spiro atoms. The van der Waals surface area contributed by atoms with E-state index in [4.69, 9.17) is 4.74 Å². The van der Waals surface area contributed by atoms with E-state index < -0.39 is 30.2 Å². The molecule has 166 valence electrons. The Balaban J connectivity index is 1.30. The van der Waals surface area contributed by atoms with E-state index in [1.54, 1.807) is 24.6 Å². The minimum atomic E-state index is -1.26. The van der Waals surface area contributed by atoms with Crippen LogP contribution in [0.1, 0.15) is 51.4 Å². The Morgan fingerprint density at radius 1 is 1.10 bits per heavy atom. The Bertz CT molecular complexity index is 735. The third kappa shape index (κ3) is 4.92. The van der Waals surface area contributed by atoms with Crippen LogP contribution in [-0.4, -0.2) is 53.4 Å². The van der Waals surface area contributed by atoms with E-state index in [0.717, 1.165) is 5.70 Å². The van der Waals surface area contributed by atoms with Gasteiger partial charge in [0, 0.05) is 36.7 Å². The zero-order valence-corrected chi connectivity index (χ0v) is 17.0. The zero-order chi connectivity index (χ0) is 21.1. The average molecular weight is 424 g/mol. The van der Waals surface area contributed by atoms with Gasteiger partial charge in [0.05, 0.1) is 17.6 Å². The Hall–Kier alpha value is -1.77. The number of aliphatic hydroxyl groups excluding tert-OH is 2. The van der Waals surface area contributed by atoms with Gasteiger partial charge in [-0.3, -0.25) is 4.99 Å². The molecule has 0 amide bonds. The largest absolute Gasteiger partial charge is 0.373 e. The molecule has 1 aliphatic heterocycles. The summed E-state index contributed by atoms with van der Waals surface area (Å²) < 4.78 is 34.0. The van der Waals surface area contributed by atoms with E-state index in [1.165, 1.54) is 0 Å². The third-order valence-electron chi connectivity index (χ3n) is 6.49. The van der Waals surface area contributed by atoms with Crippen molar-refractivity contribution in [3.63, 3.8) is 0 Å². The van der Waals surface area contributed by atoms with Crippen LogP contribution in [0.3, 0.4) is 0 Å². The lowest BCUT2D eigenvalue weighted by molar-refractivity contribution is -0.0351. The number of rotatable bonds is 8. The molecule has 30 heavy (non-hydrogen) atoms. The van der Waals surface area contributed by atoms with Gasteiger partial charge in [-0.25, -0.2) is 8.78 Å². The predicted molar refractivity (Wildman–Crippen MR) is 110 cm³/mol. The topological polar surface area (TPSA) is 86.1 Å². The van der Waals surface area contributed by atoms with E-state index in [9.17, 15) is 19.0 Å². The highest BCUT2D eigenvalue weighted by atomic mass is 19.1. The first-order valence-electron chi connectivity index (χ1n) is 10.9. The summed E-state index contributed by atoms with van der Waals surface area (Å²) in [6, 6.07) is 0. The summed E-state index contributed by atoms with van der Waals surface area (Å²) in [5, 5.41) is 27.3. The normalized spacial score (nSPS) is 34.5. The molecule has 0 aromatic heterocycles. The van der Waals surface area contributed by atoms with Gasteiger partial charge in [-0.05, 0) is 44.6 Å². The van der Waals surface area contributed by atoms with Gasteiger partial charge in [-0.2, -0.15) is 0 Å². The predicted octanol–water partition coefficient (Wildman–Crippen LogP) is 2.75. The Kier molecular flexibility index (Phi) is 6.55. The second kappa shape index (κ2) is 9.16. The first-order valence-corrected chi connectivity index (χ1v) is 10.9. The molecular weight excluding hydrogens is 392 g/mol. The maximum Gasteiger partial charge on any atom is 0.142 e. The highest BCUT2D eigenvalue weighted by molar-refractivity contribution is 5.60. The molecule has 3 aliphatic carbocycles. The molecule has 3 unspecified atom stereocenters. The van der Waals surface area contributed by atoms with Crippen molar-refractivity contribution in [3.8, 4) is 0 Å². The standard InChI is InChI=1S/C22H31F2N3O3/c23-14-1-3-15(4-2-14)26-20(28)22(9-10-22)21(29)27-19-6-5-17(13-18(19)24)30-16-7-11-25-12-8-16/h3,6-7,11-12,14,16-18,20-21,26-29H,1-2,4-5,8-10,13H2/t14-,16+,17+,18?,20?,21?/m0/s1. The number of nitrogens with zero attached hydrogens (tertiary/aromatic N) is 1. The maximum absolute atomic E-state index is 14.7. The smallest absolute Gasteiger partial charge is 0.142 e. The molecule has 0 bridgehead atoms. The van der Waals surface area contributed by atoms with Crippen LogP contribution in [0.2, 0.25) is 0 Å². The number of hydrogen-bond donors (Lipinski definition) is 4. The van der Waals surface area contributed by atoms with Crippen molar-refractivity contribution >= 4 is 6.21 Å².